The van der Waals surface area contributed by atoms with Crippen molar-refractivity contribution < 1.29 is 22.3 Å². The molecular weight excluding hydrogens is 379 g/mol. The Morgan fingerprint density at radius 2 is 2.14 bits per heavy atom. The lowest BCUT2D eigenvalue weighted by molar-refractivity contribution is -0.171. The molecule has 0 amide bonds. The van der Waals surface area contributed by atoms with E-state index in [1.54, 1.807) is 4.90 Å². The Morgan fingerprint density at radius 3 is 2.82 bits per heavy atom. The molecule has 1 saturated heterocycles. The summed E-state index contributed by atoms with van der Waals surface area (Å²) in [5, 5.41) is 0. The molecule has 0 radical (unpaired) electrons. The molecule has 0 aromatic carbocycles. The number of halogens is 3. The highest BCUT2D eigenvalue weighted by atomic mass is 19.4. The van der Waals surface area contributed by atoms with Gasteiger partial charge in [0.1, 0.15) is 18.1 Å². The number of hydrogen-bond donors (Lipinski definition) is 0. The molecule has 8 nitrogen and oxygen atoms in total. The summed E-state index contributed by atoms with van der Waals surface area (Å²) >= 11 is 0. The summed E-state index contributed by atoms with van der Waals surface area (Å²) in [6.07, 6.45) is -2.09. The third-order valence-electron chi connectivity index (χ3n) is 5.06. The quantitative estimate of drug-likeness (QED) is 0.781. The molecule has 0 N–H and O–H groups in total. The predicted molar refractivity (Wildman–Crippen MR) is 93.4 cm³/mol. The Kier molecular flexibility index (Phi) is 4.77. The van der Waals surface area contributed by atoms with Crippen molar-refractivity contribution >= 4 is 11.8 Å². The molecular formula is C17H20F3N5O3. The molecule has 0 aliphatic carbocycles. The van der Waals surface area contributed by atoms with Crippen molar-refractivity contribution in [3.63, 3.8) is 0 Å². The summed E-state index contributed by atoms with van der Waals surface area (Å²) in [6, 6.07) is -0.745. The molecule has 28 heavy (non-hydrogen) atoms. The highest BCUT2D eigenvalue weighted by Gasteiger charge is 2.45. The number of morpholine rings is 1. The van der Waals surface area contributed by atoms with Crippen molar-refractivity contribution in [3.05, 3.63) is 34.8 Å². The van der Waals surface area contributed by atoms with Crippen LogP contribution in [0.3, 0.4) is 0 Å². The summed E-state index contributed by atoms with van der Waals surface area (Å²) in [4.78, 5) is 24.8. The second-order valence-corrected chi connectivity index (χ2v) is 6.99. The molecule has 4 heterocycles. The largest absolute Gasteiger partial charge is 0.451 e. The van der Waals surface area contributed by atoms with E-state index in [1.165, 1.54) is 18.7 Å². The second-order valence-electron chi connectivity index (χ2n) is 6.99. The smallest absolute Gasteiger partial charge is 0.409 e. The standard InChI is InChI=1S/C17H20F3N5O3/c1-11-8-27-5-4-24(11)14-6-15(26)25-13(17(18,19)20)2-3-23(16(25)22-14)7-12-9-28-10-21-12/h6,9-11,13H,2-5,7-8H2,1H3/t11-,13?/m1/s1. The first kappa shape index (κ1) is 18.8. The van der Waals surface area contributed by atoms with Gasteiger partial charge >= 0.3 is 6.18 Å². The van der Waals surface area contributed by atoms with Crippen LogP contribution in [0.5, 0.6) is 0 Å². The number of rotatable bonds is 3. The van der Waals surface area contributed by atoms with Gasteiger partial charge in [-0.15, -0.1) is 0 Å². The van der Waals surface area contributed by atoms with E-state index in [0.717, 1.165) is 4.57 Å². The van der Waals surface area contributed by atoms with Crippen molar-refractivity contribution in [2.75, 3.05) is 36.1 Å². The molecule has 2 aliphatic rings. The molecule has 11 heteroatoms. The number of anilines is 2. The minimum absolute atomic E-state index is 0.00207. The molecule has 2 aromatic heterocycles. The molecule has 1 fully saturated rings. The Bertz CT molecular complexity index is 883. The maximum atomic E-state index is 13.6. The van der Waals surface area contributed by atoms with E-state index in [1.807, 2.05) is 11.8 Å². The maximum absolute atomic E-state index is 13.6. The van der Waals surface area contributed by atoms with Crippen molar-refractivity contribution in [3.8, 4) is 0 Å². The Morgan fingerprint density at radius 1 is 1.32 bits per heavy atom. The molecule has 4 rings (SSSR count). The molecule has 2 aromatic rings. The van der Waals surface area contributed by atoms with Crippen LogP contribution in [-0.2, 0) is 11.3 Å². The Balaban J connectivity index is 1.78. The lowest BCUT2D eigenvalue weighted by Gasteiger charge is -2.38. The van der Waals surface area contributed by atoms with Crippen molar-refractivity contribution in [1.29, 1.82) is 0 Å². The van der Waals surface area contributed by atoms with Crippen LogP contribution in [0.25, 0.3) is 0 Å². The second kappa shape index (κ2) is 7.12. The minimum Gasteiger partial charge on any atom is -0.451 e. The monoisotopic (exact) mass is 399 g/mol. The average Bonchev–Trinajstić information content (AvgIpc) is 3.14. The fraction of sp³-hybridized carbons (Fsp3) is 0.588. The topological polar surface area (TPSA) is 76.6 Å². The van der Waals surface area contributed by atoms with Gasteiger partial charge < -0.3 is 19.0 Å². The number of aromatic nitrogens is 3. The van der Waals surface area contributed by atoms with Gasteiger partial charge in [0.15, 0.2) is 6.39 Å². The van der Waals surface area contributed by atoms with Crippen LogP contribution in [0.15, 0.2) is 27.9 Å². The molecule has 152 valence electrons. The Labute approximate surface area is 158 Å². The zero-order chi connectivity index (χ0) is 19.9. The normalized spacial score (nSPS) is 23.0. The maximum Gasteiger partial charge on any atom is 0.409 e. The van der Waals surface area contributed by atoms with Crippen LogP contribution in [-0.4, -0.2) is 53.1 Å². The van der Waals surface area contributed by atoms with Crippen LogP contribution in [0.4, 0.5) is 24.9 Å². The Hall–Kier alpha value is -2.56. The lowest BCUT2D eigenvalue weighted by atomic mass is 10.1. The third kappa shape index (κ3) is 3.46. The van der Waals surface area contributed by atoms with Gasteiger partial charge in [0, 0.05) is 19.2 Å². The molecule has 1 unspecified atom stereocenters. The van der Waals surface area contributed by atoms with Gasteiger partial charge in [-0.25, -0.2) is 4.98 Å². The predicted octanol–water partition coefficient (Wildman–Crippen LogP) is 1.97. The number of hydrogen-bond acceptors (Lipinski definition) is 7. The van der Waals surface area contributed by atoms with Gasteiger partial charge in [0.05, 0.1) is 31.5 Å². The van der Waals surface area contributed by atoms with E-state index in [4.69, 9.17) is 9.15 Å². The summed E-state index contributed by atoms with van der Waals surface area (Å²) in [6.45, 7) is 3.68. The van der Waals surface area contributed by atoms with Crippen LogP contribution >= 0.6 is 0 Å². The van der Waals surface area contributed by atoms with E-state index in [0.29, 0.717) is 31.3 Å². The highest BCUT2D eigenvalue weighted by Crippen LogP contribution is 2.38. The van der Waals surface area contributed by atoms with Crippen LogP contribution < -0.4 is 15.4 Å². The van der Waals surface area contributed by atoms with Crippen LogP contribution in [0, 0.1) is 0 Å². The first-order valence-corrected chi connectivity index (χ1v) is 9.01. The number of fused-ring (bicyclic) bond motifs is 1. The van der Waals surface area contributed by atoms with E-state index < -0.39 is 17.8 Å². The van der Waals surface area contributed by atoms with Gasteiger partial charge in [0.25, 0.3) is 5.56 Å². The molecule has 0 bridgehead atoms. The summed E-state index contributed by atoms with van der Waals surface area (Å²) < 4.78 is 51.8. The first-order chi connectivity index (χ1) is 13.3. The van der Waals surface area contributed by atoms with Crippen LogP contribution in [0.1, 0.15) is 25.1 Å². The third-order valence-corrected chi connectivity index (χ3v) is 5.06. The molecule has 0 spiro atoms. The summed E-state index contributed by atoms with van der Waals surface area (Å²) in [5.41, 5.74) is -0.165. The minimum atomic E-state index is -4.53. The zero-order valence-electron chi connectivity index (χ0n) is 15.2. The van der Waals surface area contributed by atoms with E-state index in [2.05, 4.69) is 9.97 Å². The van der Waals surface area contributed by atoms with Gasteiger partial charge in [-0.05, 0) is 13.3 Å². The molecule has 0 saturated carbocycles. The number of oxazole rings is 1. The van der Waals surface area contributed by atoms with Crippen molar-refractivity contribution in [1.82, 2.24) is 14.5 Å². The highest BCUT2D eigenvalue weighted by molar-refractivity contribution is 5.47. The van der Waals surface area contributed by atoms with Gasteiger partial charge in [-0.3, -0.25) is 9.36 Å². The molecule has 2 atom stereocenters. The van der Waals surface area contributed by atoms with E-state index in [-0.39, 0.29) is 31.5 Å². The number of nitrogens with zero attached hydrogens (tertiary/aromatic N) is 5. The van der Waals surface area contributed by atoms with Gasteiger partial charge in [0.2, 0.25) is 5.95 Å². The fourth-order valence-electron chi connectivity index (χ4n) is 3.68. The van der Waals surface area contributed by atoms with Gasteiger partial charge in [-0.2, -0.15) is 18.2 Å². The number of alkyl halides is 3. The van der Waals surface area contributed by atoms with Crippen molar-refractivity contribution in [2.24, 2.45) is 0 Å². The average molecular weight is 399 g/mol. The van der Waals surface area contributed by atoms with E-state index >= 15 is 0 Å². The zero-order valence-corrected chi connectivity index (χ0v) is 15.2. The fourth-order valence-corrected chi connectivity index (χ4v) is 3.68. The van der Waals surface area contributed by atoms with Crippen molar-refractivity contribution in [2.45, 2.75) is 38.1 Å². The SMILES string of the molecule is C[C@@H]1COCCN1c1cc(=O)n2c(n1)N(Cc1cocn1)CCC2C(F)(F)F. The molecule has 2 aliphatic heterocycles. The number of ether oxygens (including phenoxy) is 1. The van der Waals surface area contributed by atoms with E-state index in [9.17, 15) is 18.0 Å². The lowest BCUT2D eigenvalue weighted by Crippen LogP contribution is -2.48. The summed E-state index contributed by atoms with van der Waals surface area (Å²) in [5.74, 6) is 0.359. The first-order valence-electron chi connectivity index (χ1n) is 9.01. The van der Waals surface area contributed by atoms with Crippen LogP contribution in [0.2, 0.25) is 0 Å². The summed E-state index contributed by atoms with van der Waals surface area (Å²) in [7, 11) is 0. The van der Waals surface area contributed by atoms with Gasteiger partial charge in [-0.1, -0.05) is 0 Å².